The first-order valence-electron chi connectivity index (χ1n) is 9.86. The van der Waals surface area contributed by atoms with Gasteiger partial charge in [-0.2, -0.15) is 0 Å². The summed E-state index contributed by atoms with van der Waals surface area (Å²) in [6.45, 7) is 1.84. The molecule has 0 saturated heterocycles. The van der Waals surface area contributed by atoms with E-state index in [4.69, 9.17) is 16.6 Å². The van der Waals surface area contributed by atoms with Crippen LogP contribution in [0.25, 0.3) is 11.0 Å². The molecule has 0 radical (unpaired) electrons. The first-order chi connectivity index (χ1) is 15.4. The highest BCUT2D eigenvalue weighted by Gasteiger charge is 2.31. The van der Waals surface area contributed by atoms with Crippen LogP contribution in [0.3, 0.4) is 0 Å². The Morgan fingerprint density at radius 2 is 1.53 bits per heavy atom. The van der Waals surface area contributed by atoms with Crippen molar-refractivity contribution in [3.8, 4) is 0 Å². The highest BCUT2D eigenvalue weighted by molar-refractivity contribution is 7.80. The molecule has 0 amide bonds. The van der Waals surface area contributed by atoms with E-state index in [-0.39, 0.29) is 16.7 Å². The summed E-state index contributed by atoms with van der Waals surface area (Å²) in [5.41, 5.74) is 3.29. The van der Waals surface area contributed by atoms with E-state index in [9.17, 15) is 14.4 Å². The van der Waals surface area contributed by atoms with Crippen LogP contribution in [0, 0.1) is 6.92 Å². The van der Waals surface area contributed by atoms with Gasteiger partial charge in [-0.05, 0) is 42.9 Å². The van der Waals surface area contributed by atoms with Gasteiger partial charge in [0.1, 0.15) is 5.58 Å². The number of hydrogen-bond acceptors (Lipinski definition) is 5. The van der Waals surface area contributed by atoms with Crippen molar-refractivity contribution >= 4 is 51.2 Å². The zero-order valence-corrected chi connectivity index (χ0v) is 17.7. The van der Waals surface area contributed by atoms with Crippen LogP contribution in [-0.4, -0.2) is 16.7 Å². The largest absolute Gasteiger partial charge is 0.423 e. The Morgan fingerprint density at radius 3 is 2.31 bits per heavy atom. The number of fused-ring (bicyclic) bond motifs is 3. The summed E-state index contributed by atoms with van der Waals surface area (Å²) in [5.74, 6) is -0.429. The molecule has 2 N–H and O–H groups in total. The fourth-order valence-corrected chi connectivity index (χ4v) is 4.16. The molecule has 0 saturated carbocycles. The number of thiocarbonyl (C=S) groups is 1. The highest BCUT2D eigenvalue weighted by atomic mass is 32.1. The summed E-state index contributed by atoms with van der Waals surface area (Å²) in [6, 6.07) is 18.6. The topological polar surface area (TPSA) is 88.4 Å². The molecule has 0 bridgehead atoms. The molecular weight excluding hydrogens is 424 g/mol. The molecule has 7 heteroatoms. The predicted octanol–water partition coefficient (Wildman–Crippen LogP) is 4.69. The minimum Gasteiger partial charge on any atom is -0.423 e. The van der Waals surface area contributed by atoms with Crippen molar-refractivity contribution in [1.82, 2.24) is 0 Å². The van der Waals surface area contributed by atoms with Crippen LogP contribution in [0.5, 0.6) is 0 Å². The summed E-state index contributed by atoms with van der Waals surface area (Å²) < 4.78 is 5.28. The zero-order valence-electron chi connectivity index (χ0n) is 16.9. The molecule has 4 aromatic rings. The summed E-state index contributed by atoms with van der Waals surface area (Å²) >= 11 is 5.43. The monoisotopic (exact) mass is 440 g/mol. The van der Waals surface area contributed by atoms with Crippen molar-refractivity contribution in [2.24, 2.45) is 0 Å². The van der Waals surface area contributed by atoms with Crippen LogP contribution in [0.15, 0.2) is 75.9 Å². The molecule has 5 rings (SSSR count). The maximum absolute atomic E-state index is 13.1. The number of anilines is 2. The summed E-state index contributed by atoms with van der Waals surface area (Å²) in [7, 11) is 0. The van der Waals surface area contributed by atoms with Crippen molar-refractivity contribution < 1.29 is 14.0 Å². The van der Waals surface area contributed by atoms with E-state index in [0.29, 0.717) is 39.2 Å². The molecule has 32 heavy (non-hydrogen) atoms. The summed E-state index contributed by atoms with van der Waals surface area (Å²) in [5, 5.41) is 7.12. The molecular formula is C25H16N2O4S. The lowest BCUT2D eigenvalue weighted by Gasteiger charge is -2.21. The predicted molar refractivity (Wildman–Crippen MR) is 127 cm³/mol. The minimum atomic E-state index is -0.424. The zero-order chi connectivity index (χ0) is 22.4. The van der Waals surface area contributed by atoms with Gasteiger partial charge in [-0.1, -0.05) is 36.4 Å². The van der Waals surface area contributed by atoms with Crippen molar-refractivity contribution in [2.75, 3.05) is 10.6 Å². The Labute approximate surface area is 187 Å². The molecule has 1 aliphatic carbocycles. The van der Waals surface area contributed by atoms with Gasteiger partial charge < -0.3 is 15.1 Å². The lowest BCUT2D eigenvalue weighted by molar-refractivity contribution is 0.0979. The average Bonchev–Trinajstić information content (AvgIpc) is 2.77. The quantitative estimate of drug-likeness (QED) is 0.304. The second-order valence-electron chi connectivity index (χ2n) is 7.47. The Kier molecular flexibility index (Phi) is 4.68. The first-order valence-corrected chi connectivity index (χ1v) is 10.3. The normalized spacial score (nSPS) is 12.3. The van der Waals surface area contributed by atoms with Gasteiger partial charge in [-0.3, -0.25) is 9.59 Å². The van der Waals surface area contributed by atoms with Gasteiger partial charge in [0, 0.05) is 39.9 Å². The number of rotatable bonds is 2. The van der Waals surface area contributed by atoms with E-state index < -0.39 is 5.63 Å². The molecule has 1 aromatic heterocycles. The maximum Gasteiger partial charge on any atom is 0.336 e. The van der Waals surface area contributed by atoms with Crippen molar-refractivity contribution in [3.63, 3.8) is 0 Å². The standard InChI is InChI=1S/C25H16N2O4S/c1-13-11-21(28)31-20-12-14(9-10-15(13)20)26-25(32)27-19-8-4-7-18-22(19)24(30)17-6-3-2-5-16(17)23(18)29/h2-12H,1H3,(H2,26,27,32). The Balaban J connectivity index is 1.45. The summed E-state index contributed by atoms with van der Waals surface area (Å²) in [4.78, 5) is 37.7. The van der Waals surface area contributed by atoms with Gasteiger partial charge in [0.25, 0.3) is 0 Å². The fraction of sp³-hybridized carbons (Fsp3) is 0.0400. The number of carbonyl (C=O) groups excluding carboxylic acids is 2. The molecule has 3 aromatic carbocycles. The molecule has 6 nitrogen and oxygen atoms in total. The lowest BCUT2D eigenvalue weighted by Crippen LogP contribution is -2.25. The molecule has 156 valence electrons. The molecule has 0 fully saturated rings. The smallest absolute Gasteiger partial charge is 0.336 e. The third-order valence-electron chi connectivity index (χ3n) is 5.41. The van der Waals surface area contributed by atoms with Gasteiger partial charge >= 0.3 is 5.63 Å². The van der Waals surface area contributed by atoms with Crippen molar-refractivity contribution in [1.29, 1.82) is 0 Å². The number of benzene rings is 3. The van der Waals surface area contributed by atoms with Crippen LogP contribution in [0.4, 0.5) is 11.4 Å². The average molecular weight is 440 g/mol. The SMILES string of the molecule is Cc1cc(=O)oc2cc(NC(=S)Nc3cccc4c3C(=O)c3ccccc3C4=O)ccc12. The Morgan fingerprint density at radius 1 is 0.812 bits per heavy atom. The Hall–Kier alpha value is -4.10. The van der Waals surface area contributed by atoms with E-state index >= 15 is 0 Å². The number of ketones is 2. The minimum absolute atomic E-state index is 0.197. The van der Waals surface area contributed by atoms with Gasteiger partial charge in [0.2, 0.25) is 0 Å². The first kappa shape index (κ1) is 19.8. The van der Waals surface area contributed by atoms with E-state index in [1.807, 2.05) is 19.1 Å². The van der Waals surface area contributed by atoms with Gasteiger partial charge in [-0.25, -0.2) is 4.79 Å². The number of aryl methyl sites for hydroxylation is 1. The fourth-order valence-electron chi connectivity index (χ4n) is 3.94. The second-order valence-corrected chi connectivity index (χ2v) is 7.88. The molecule has 0 spiro atoms. The maximum atomic E-state index is 13.1. The number of nitrogens with one attached hydrogen (secondary N) is 2. The van der Waals surface area contributed by atoms with Crippen LogP contribution in [-0.2, 0) is 0 Å². The molecule has 0 aliphatic heterocycles. The van der Waals surface area contributed by atoms with Crippen LogP contribution in [0.2, 0.25) is 0 Å². The van der Waals surface area contributed by atoms with Gasteiger partial charge in [0.05, 0.1) is 11.3 Å². The van der Waals surface area contributed by atoms with Crippen LogP contribution >= 0.6 is 12.2 Å². The number of carbonyl (C=O) groups is 2. The molecule has 0 unspecified atom stereocenters. The van der Waals surface area contributed by atoms with Crippen LogP contribution < -0.4 is 16.3 Å². The summed E-state index contributed by atoms with van der Waals surface area (Å²) in [6.07, 6.45) is 0. The lowest BCUT2D eigenvalue weighted by atomic mass is 9.83. The highest BCUT2D eigenvalue weighted by Crippen LogP contribution is 2.32. The van der Waals surface area contributed by atoms with Gasteiger partial charge in [0.15, 0.2) is 16.7 Å². The van der Waals surface area contributed by atoms with E-state index in [1.54, 1.807) is 48.5 Å². The third-order valence-corrected chi connectivity index (χ3v) is 5.61. The molecule has 1 heterocycles. The van der Waals surface area contributed by atoms with E-state index in [2.05, 4.69) is 10.6 Å². The third kappa shape index (κ3) is 3.29. The molecule has 1 aliphatic rings. The van der Waals surface area contributed by atoms with Crippen LogP contribution in [0.1, 0.15) is 37.4 Å². The number of hydrogen-bond donors (Lipinski definition) is 2. The van der Waals surface area contributed by atoms with Crippen molar-refractivity contribution in [2.45, 2.75) is 6.92 Å². The molecule has 0 atom stereocenters. The van der Waals surface area contributed by atoms with Gasteiger partial charge in [-0.15, -0.1) is 0 Å². The van der Waals surface area contributed by atoms with E-state index in [1.165, 1.54) is 6.07 Å². The van der Waals surface area contributed by atoms with Crippen molar-refractivity contribution in [3.05, 3.63) is 105 Å². The van der Waals surface area contributed by atoms with E-state index in [0.717, 1.165) is 10.9 Å². The Bertz CT molecular complexity index is 1520. The second kappa shape index (κ2) is 7.55.